The molecule has 0 spiro atoms. The van der Waals surface area contributed by atoms with Crippen molar-refractivity contribution in [3.05, 3.63) is 21.6 Å². The highest BCUT2D eigenvalue weighted by Gasteiger charge is 2.32. The molecule has 0 radical (unpaired) electrons. The summed E-state index contributed by atoms with van der Waals surface area (Å²) < 4.78 is 1.05. The maximum Gasteiger partial charge on any atom is 0.334 e. The van der Waals surface area contributed by atoms with Crippen LogP contribution in [0.1, 0.15) is 57.8 Å². The lowest BCUT2D eigenvalue weighted by atomic mass is 10.1. The molecule has 0 saturated heterocycles. The van der Waals surface area contributed by atoms with Crippen molar-refractivity contribution in [1.29, 1.82) is 0 Å². The predicted octanol–water partition coefficient (Wildman–Crippen LogP) is 5.59. The van der Waals surface area contributed by atoms with Crippen LogP contribution < -0.4 is 0 Å². The fraction of sp³-hybridized carbons (Fsp3) is 0.625. The van der Waals surface area contributed by atoms with Crippen LogP contribution in [0, 0.1) is 0 Å². The van der Waals surface area contributed by atoms with E-state index in [-0.39, 0.29) is 0 Å². The van der Waals surface area contributed by atoms with E-state index in [0.717, 1.165) is 16.2 Å². The molecule has 3 nitrogen and oxygen atoms in total. The van der Waals surface area contributed by atoms with Gasteiger partial charge in [0.25, 0.3) is 0 Å². The molecule has 1 rings (SSSR count). The maximum atomic E-state index is 10.6. The van der Waals surface area contributed by atoms with Crippen molar-refractivity contribution in [2.45, 2.75) is 63.8 Å². The third-order valence-corrected chi connectivity index (χ3v) is 4.03. The summed E-state index contributed by atoms with van der Waals surface area (Å²) in [5.41, 5.74) is 0.715. The highest BCUT2D eigenvalue weighted by atomic mass is 79.9. The Morgan fingerprint density at radius 3 is 2.14 bits per heavy atom. The molecule has 0 aromatic carbocycles. The van der Waals surface area contributed by atoms with Crippen LogP contribution in [0.4, 0.5) is 0 Å². The summed E-state index contributed by atoms with van der Waals surface area (Å²) in [5.74, 6) is -0.839. The molecule has 118 valence electrons. The monoisotopic (exact) mass is 419 g/mol. The van der Waals surface area contributed by atoms with Crippen molar-refractivity contribution < 1.29 is 9.90 Å². The van der Waals surface area contributed by atoms with E-state index in [9.17, 15) is 4.79 Å². The highest BCUT2D eigenvalue weighted by molar-refractivity contribution is 9.28. The Hall–Kier alpha value is -0.420. The number of nitrogens with zero attached hydrogens (tertiary/aromatic N) is 1. The molecule has 1 N–H and O–H groups in total. The Morgan fingerprint density at radius 1 is 1.05 bits per heavy atom. The fourth-order valence-electron chi connectivity index (χ4n) is 2.13. The number of halogens is 2. The first-order valence-corrected chi connectivity index (χ1v) is 9.18. The largest absolute Gasteiger partial charge is 0.479 e. The van der Waals surface area contributed by atoms with Crippen LogP contribution in [0.25, 0.3) is 0 Å². The van der Waals surface area contributed by atoms with Gasteiger partial charge in [0.2, 0.25) is 0 Å². The molecule has 21 heavy (non-hydrogen) atoms. The Balaban J connectivity index is 1.81. The molecule has 1 atom stereocenters. The average molecular weight is 421 g/mol. The Kier molecular flexibility index (Phi) is 9.92. The number of allylic oxidation sites excluding steroid dienone is 2. The van der Waals surface area contributed by atoms with Crippen LogP contribution in [0.2, 0.25) is 0 Å². The van der Waals surface area contributed by atoms with Crippen LogP contribution in [-0.2, 0) is 4.79 Å². The Bertz CT molecular complexity index is 413. The topological polar surface area (TPSA) is 49.7 Å². The molecule has 0 aromatic heterocycles. The van der Waals surface area contributed by atoms with Crippen molar-refractivity contribution in [2.75, 3.05) is 0 Å². The molecule has 1 unspecified atom stereocenters. The summed E-state index contributed by atoms with van der Waals surface area (Å²) in [4.78, 5) is 14.4. The van der Waals surface area contributed by atoms with Gasteiger partial charge in [0.1, 0.15) is 0 Å². The number of rotatable bonds is 12. The first kappa shape index (κ1) is 18.6. The van der Waals surface area contributed by atoms with Crippen LogP contribution in [-0.4, -0.2) is 22.8 Å². The first-order chi connectivity index (χ1) is 10.1. The standard InChI is InChI=1S/C16H23Br2NO2/c17-14(18)12-10-8-6-4-2-1-3-5-7-9-11-13-15(19-13)16(20)21/h9,11-12,15H,1-8,10H2,(H,20,21). The second-order valence-electron chi connectivity index (χ2n) is 5.24. The molecule has 0 amide bonds. The van der Waals surface area contributed by atoms with E-state index in [1.807, 2.05) is 12.2 Å². The number of carbonyl (C=O) groups is 1. The van der Waals surface area contributed by atoms with Gasteiger partial charge in [-0.05, 0) is 63.6 Å². The second-order valence-corrected chi connectivity index (χ2v) is 8.02. The molecular weight excluding hydrogens is 398 g/mol. The average Bonchev–Trinajstić information content (AvgIpc) is 3.19. The predicted molar refractivity (Wildman–Crippen MR) is 95.5 cm³/mol. The number of carboxylic acids is 1. The second kappa shape index (κ2) is 11.2. The number of aliphatic imine (C=N–C) groups is 1. The van der Waals surface area contributed by atoms with Crippen molar-refractivity contribution in [2.24, 2.45) is 4.99 Å². The molecule has 0 aromatic rings. The molecular formula is C16H23Br2NO2. The molecule has 1 aliphatic heterocycles. The van der Waals surface area contributed by atoms with Crippen molar-refractivity contribution in [3.63, 3.8) is 0 Å². The van der Waals surface area contributed by atoms with E-state index in [4.69, 9.17) is 5.11 Å². The van der Waals surface area contributed by atoms with E-state index < -0.39 is 12.0 Å². The molecule has 0 bridgehead atoms. The fourth-order valence-corrected chi connectivity index (χ4v) is 2.59. The summed E-state index contributed by atoms with van der Waals surface area (Å²) in [6.45, 7) is 0. The molecule has 0 aliphatic carbocycles. The number of aliphatic carboxylic acids is 1. The lowest BCUT2D eigenvalue weighted by molar-refractivity contribution is -0.135. The molecule has 1 aliphatic rings. The van der Waals surface area contributed by atoms with Gasteiger partial charge >= 0.3 is 5.97 Å². The van der Waals surface area contributed by atoms with Gasteiger partial charge in [0, 0.05) is 0 Å². The minimum absolute atomic E-state index is 0.554. The summed E-state index contributed by atoms with van der Waals surface area (Å²) in [6, 6.07) is -0.554. The zero-order chi connectivity index (χ0) is 15.5. The van der Waals surface area contributed by atoms with Gasteiger partial charge in [-0.2, -0.15) is 0 Å². The number of hydrogen-bond donors (Lipinski definition) is 1. The number of hydrogen-bond acceptors (Lipinski definition) is 2. The lowest BCUT2D eigenvalue weighted by Gasteiger charge is -2.00. The third kappa shape index (κ3) is 10.0. The van der Waals surface area contributed by atoms with Gasteiger partial charge in [-0.15, -0.1) is 0 Å². The van der Waals surface area contributed by atoms with Crippen LogP contribution in [0.3, 0.4) is 0 Å². The smallest absolute Gasteiger partial charge is 0.334 e. The van der Waals surface area contributed by atoms with E-state index in [0.29, 0.717) is 5.71 Å². The van der Waals surface area contributed by atoms with Crippen LogP contribution in [0.15, 0.2) is 26.6 Å². The summed E-state index contributed by atoms with van der Waals surface area (Å²) >= 11 is 6.71. The van der Waals surface area contributed by atoms with Crippen molar-refractivity contribution >= 4 is 43.5 Å². The van der Waals surface area contributed by atoms with Crippen molar-refractivity contribution in [3.8, 4) is 0 Å². The van der Waals surface area contributed by atoms with Gasteiger partial charge in [-0.1, -0.05) is 44.3 Å². The van der Waals surface area contributed by atoms with E-state index in [1.165, 1.54) is 44.9 Å². The summed E-state index contributed by atoms with van der Waals surface area (Å²) in [6.07, 6.45) is 17.2. The van der Waals surface area contributed by atoms with Gasteiger partial charge in [0.15, 0.2) is 6.04 Å². The van der Waals surface area contributed by atoms with E-state index >= 15 is 0 Å². The summed E-state index contributed by atoms with van der Waals surface area (Å²) in [5, 5.41) is 8.67. The first-order valence-electron chi connectivity index (χ1n) is 7.59. The summed E-state index contributed by atoms with van der Waals surface area (Å²) in [7, 11) is 0. The minimum Gasteiger partial charge on any atom is -0.479 e. The molecule has 1 heterocycles. The van der Waals surface area contributed by atoms with E-state index in [1.54, 1.807) is 0 Å². The number of carboxylic acid groups (broad SMARTS) is 1. The van der Waals surface area contributed by atoms with Gasteiger partial charge in [-0.25, -0.2) is 4.79 Å². The van der Waals surface area contributed by atoms with Gasteiger partial charge in [0.05, 0.1) is 9.10 Å². The molecule has 5 heteroatoms. The quantitative estimate of drug-likeness (QED) is 0.418. The third-order valence-electron chi connectivity index (χ3n) is 3.39. The van der Waals surface area contributed by atoms with Crippen LogP contribution >= 0.6 is 31.9 Å². The SMILES string of the molecule is O=C(O)C1N=C1C=CCCCCCCCCCC=C(Br)Br. The Morgan fingerprint density at radius 2 is 1.62 bits per heavy atom. The van der Waals surface area contributed by atoms with Gasteiger partial charge in [-0.3, -0.25) is 4.99 Å². The highest BCUT2D eigenvalue weighted by Crippen LogP contribution is 2.16. The number of unbranched alkanes of at least 4 members (excludes halogenated alkanes) is 8. The lowest BCUT2D eigenvalue weighted by Crippen LogP contribution is -2.09. The van der Waals surface area contributed by atoms with E-state index in [2.05, 4.69) is 42.9 Å². The van der Waals surface area contributed by atoms with Gasteiger partial charge < -0.3 is 5.11 Å². The van der Waals surface area contributed by atoms with Crippen LogP contribution in [0.5, 0.6) is 0 Å². The molecule has 0 fully saturated rings. The zero-order valence-electron chi connectivity index (χ0n) is 12.2. The normalized spacial score (nSPS) is 16.9. The molecule has 0 saturated carbocycles. The minimum atomic E-state index is -0.839. The Labute approximate surface area is 143 Å². The zero-order valence-corrected chi connectivity index (χ0v) is 15.4. The maximum absolute atomic E-state index is 10.6. The van der Waals surface area contributed by atoms with Crippen molar-refractivity contribution in [1.82, 2.24) is 0 Å².